The van der Waals surface area contributed by atoms with Gasteiger partial charge in [-0.15, -0.1) is 0 Å². The third-order valence-electron chi connectivity index (χ3n) is 4.50. The van der Waals surface area contributed by atoms with E-state index in [1.807, 2.05) is 18.2 Å². The van der Waals surface area contributed by atoms with Gasteiger partial charge in [-0.25, -0.2) is 9.59 Å². The zero-order valence-corrected chi connectivity index (χ0v) is 12.8. The minimum Gasteiger partial charge on any atom is -0.478 e. The van der Waals surface area contributed by atoms with Gasteiger partial charge in [-0.3, -0.25) is 0 Å². The standard InChI is InChI=1S/C18H22O4/c1-12(17(19)20)16(18(21)22)11-14-9-5-6-10-15(14)13-7-3-2-4-8-13/h5-6,9-10,13H,2-4,7-8,11H2,1H3,(H,19,20)(H,21,22)/b16-12+. The highest BCUT2D eigenvalue weighted by Gasteiger charge is 2.22. The summed E-state index contributed by atoms with van der Waals surface area (Å²) in [6.07, 6.45) is 6.09. The molecule has 1 aliphatic rings. The van der Waals surface area contributed by atoms with Crippen LogP contribution in [0.25, 0.3) is 0 Å². The van der Waals surface area contributed by atoms with Gasteiger partial charge in [-0.1, -0.05) is 43.5 Å². The van der Waals surface area contributed by atoms with E-state index in [-0.39, 0.29) is 17.6 Å². The number of carboxylic acid groups (broad SMARTS) is 2. The second kappa shape index (κ2) is 7.25. The number of aliphatic carboxylic acids is 2. The molecule has 2 rings (SSSR count). The Bertz CT molecular complexity index is 595. The monoisotopic (exact) mass is 302 g/mol. The highest BCUT2D eigenvalue weighted by molar-refractivity contribution is 5.98. The predicted molar refractivity (Wildman–Crippen MR) is 83.9 cm³/mol. The van der Waals surface area contributed by atoms with Gasteiger partial charge in [-0.2, -0.15) is 0 Å². The van der Waals surface area contributed by atoms with Crippen LogP contribution in [0.2, 0.25) is 0 Å². The van der Waals surface area contributed by atoms with E-state index in [0.717, 1.165) is 18.4 Å². The topological polar surface area (TPSA) is 74.6 Å². The van der Waals surface area contributed by atoms with Crippen molar-refractivity contribution in [1.82, 2.24) is 0 Å². The Hall–Kier alpha value is -2.10. The van der Waals surface area contributed by atoms with Crippen molar-refractivity contribution in [2.45, 2.75) is 51.4 Å². The zero-order chi connectivity index (χ0) is 16.1. The Labute approximate surface area is 130 Å². The minimum absolute atomic E-state index is 0.0317. The molecule has 1 saturated carbocycles. The van der Waals surface area contributed by atoms with Gasteiger partial charge < -0.3 is 10.2 Å². The maximum atomic E-state index is 11.4. The summed E-state index contributed by atoms with van der Waals surface area (Å²) >= 11 is 0. The molecule has 0 aromatic heterocycles. The summed E-state index contributed by atoms with van der Waals surface area (Å²) in [7, 11) is 0. The fourth-order valence-electron chi connectivity index (χ4n) is 3.20. The Morgan fingerprint density at radius 2 is 1.68 bits per heavy atom. The summed E-state index contributed by atoms with van der Waals surface area (Å²) < 4.78 is 0. The largest absolute Gasteiger partial charge is 0.478 e. The smallest absolute Gasteiger partial charge is 0.332 e. The highest BCUT2D eigenvalue weighted by atomic mass is 16.4. The molecular weight excluding hydrogens is 280 g/mol. The molecule has 0 heterocycles. The fraction of sp³-hybridized carbons (Fsp3) is 0.444. The molecule has 2 N–H and O–H groups in total. The van der Waals surface area contributed by atoms with Crippen LogP contribution in [0.15, 0.2) is 35.4 Å². The average molecular weight is 302 g/mol. The first kappa shape index (κ1) is 16.3. The Balaban J connectivity index is 2.34. The van der Waals surface area contributed by atoms with E-state index in [0.29, 0.717) is 5.92 Å². The van der Waals surface area contributed by atoms with E-state index in [2.05, 4.69) is 6.07 Å². The molecule has 4 nitrogen and oxygen atoms in total. The molecule has 118 valence electrons. The quantitative estimate of drug-likeness (QED) is 0.812. The van der Waals surface area contributed by atoms with Crippen LogP contribution in [0.4, 0.5) is 0 Å². The molecule has 0 amide bonds. The number of benzene rings is 1. The van der Waals surface area contributed by atoms with Crippen LogP contribution in [-0.2, 0) is 16.0 Å². The second-order valence-corrected chi connectivity index (χ2v) is 5.92. The van der Waals surface area contributed by atoms with Crippen molar-refractivity contribution >= 4 is 11.9 Å². The van der Waals surface area contributed by atoms with Gasteiger partial charge in [0.2, 0.25) is 0 Å². The van der Waals surface area contributed by atoms with Crippen LogP contribution in [0.3, 0.4) is 0 Å². The van der Waals surface area contributed by atoms with E-state index in [1.165, 1.54) is 31.7 Å². The van der Waals surface area contributed by atoms with Gasteiger partial charge in [0, 0.05) is 12.0 Å². The van der Waals surface area contributed by atoms with Crippen LogP contribution in [0.5, 0.6) is 0 Å². The van der Waals surface area contributed by atoms with Crippen molar-refractivity contribution in [3.05, 3.63) is 46.5 Å². The number of hydrogen-bond acceptors (Lipinski definition) is 2. The van der Waals surface area contributed by atoms with Crippen LogP contribution in [0.1, 0.15) is 56.1 Å². The summed E-state index contributed by atoms with van der Waals surface area (Å²) in [4.78, 5) is 22.5. The van der Waals surface area contributed by atoms with Gasteiger partial charge in [0.1, 0.15) is 0 Å². The number of carboxylic acids is 2. The van der Waals surface area contributed by atoms with E-state index >= 15 is 0 Å². The molecule has 0 atom stereocenters. The molecule has 1 fully saturated rings. The van der Waals surface area contributed by atoms with Crippen molar-refractivity contribution in [3.63, 3.8) is 0 Å². The zero-order valence-electron chi connectivity index (χ0n) is 12.8. The molecule has 1 aliphatic carbocycles. The molecule has 1 aromatic carbocycles. The summed E-state index contributed by atoms with van der Waals surface area (Å²) in [5.41, 5.74) is 1.99. The molecule has 1 aromatic rings. The summed E-state index contributed by atoms with van der Waals surface area (Å²) in [5.74, 6) is -1.86. The lowest BCUT2D eigenvalue weighted by molar-refractivity contribution is -0.136. The van der Waals surface area contributed by atoms with Crippen LogP contribution >= 0.6 is 0 Å². The summed E-state index contributed by atoms with van der Waals surface area (Å²) in [5, 5.41) is 18.4. The SMILES string of the molecule is C/C(C(=O)O)=C(/Cc1ccccc1C1CCCCC1)C(=O)O. The first-order chi connectivity index (χ1) is 10.5. The molecular formula is C18H22O4. The third-order valence-corrected chi connectivity index (χ3v) is 4.50. The molecule has 22 heavy (non-hydrogen) atoms. The van der Waals surface area contributed by atoms with Gasteiger partial charge >= 0.3 is 11.9 Å². The van der Waals surface area contributed by atoms with Gasteiger partial charge in [-0.05, 0) is 36.8 Å². The van der Waals surface area contributed by atoms with Gasteiger partial charge in [0.25, 0.3) is 0 Å². The first-order valence-corrected chi connectivity index (χ1v) is 7.75. The number of rotatable bonds is 5. The molecule has 4 heteroatoms. The van der Waals surface area contributed by atoms with Gasteiger partial charge in [0.05, 0.1) is 5.57 Å². The molecule has 0 saturated heterocycles. The van der Waals surface area contributed by atoms with Crippen LogP contribution in [0, 0.1) is 0 Å². The van der Waals surface area contributed by atoms with Crippen LogP contribution < -0.4 is 0 Å². The van der Waals surface area contributed by atoms with Crippen LogP contribution in [-0.4, -0.2) is 22.2 Å². The highest BCUT2D eigenvalue weighted by Crippen LogP contribution is 2.35. The van der Waals surface area contributed by atoms with Crippen molar-refractivity contribution in [2.75, 3.05) is 0 Å². The Morgan fingerprint density at radius 1 is 1.05 bits per heavy atom. The maximum Gasteiger partial charge on any atom is 0.332 e. The van der Waals surface area contributed by atoms with Crippen molar-refractivity contribution in [3.8, 4) is 0 Å². The van der Waals surface area contributed by atoms with E-state index in [9.17, 15) is 14.7 Å². The molecule has 0 bridgehead atoms. The first-order valence-electron chi connectivity index (χ1n) is 7.75. The van der Waals surface area contributed by atoms with E-state index in [1.54, 1.807) is 0 Å². The van der Waals surface area contributed by atoms with E-state index < -0.39 is 11.9 Å². The minimum atomic E-state index is -1.17. The maximum absolute atomic E-state index is 11.4. The third kappa shape index (κ3) is 3.75. The van der Waals surface area contributed by atoms with E-state index in [4.69, 9.17) is 5.11 Å². The molecule has 0 aliphatic heterocycles. The normalized spacial score (nSPS) is 17.0. The van der Waals surface area contributed by atoms with Crippen molar-refractivity contribution in [1.29, 1.82) is 0 Å². The lowest BCUT2D eigenvalue weighted by Crippen LogP contribution is -2.14. The molecule has 0 radical (unpaired) electrons. The lowest BCUT2D eigenvalue weighted by atomic mass is 9.81. The van der Waals surface area contributed by atoms with Crippen molar-refractivity contribution < 1.29 is 19.8 Å². The average Bonchev–Trinajstić information content (AvgIpc) is 2.52. The summed E-state index contributed by atoms with van der Waals surface area (Å²) in [6, 6.07) is 7.84. The lowest BCUT2D eigenvalue weighted by Gasteiger charge is -2.24. The fourth-order valence-corrected chi connectivity index (χ4v) is 3.20. The predicted octanol–water partition coefficient (Wildman–Crippen LogP) is 3.76. The second-order valence-electron chi connectivity index (χ2n) is 5.92. The molecule has 0 unspecified atom stereocenters. The Morgan fingerprint density at radius 3 is 2.27 bits per heavy atom. The van der Waals surface area contributed by atoms with Crippen molar-refractivity contribution in [2.24, 2.45) is 0 Å². The summed E-state index contributed by atoms with van der Waals surface area (Å²) in [6.45, 7) is 1.36. The number of carbonyl (C=O) groups is 2. The van der Waals surface area contributed by atoms with Gasteiger partial charge in [0.15, 0.2) is 0 Å². The Kier molecular flexibility index (Phi) is 5.36. The molecule has 0 spiro atoms. The number of hydrogen-bond donors (Lipinski definition) is 2.